The van der Waals surface area contributed by atoms with Gasteiger partial charge in [-0.05, 0) is 13.0 Å². The highest BCUT2D eigenvalue weighted by Gasteiger charge is 2.19. The van der Waals surface area contributed by atoms with Gasteiger partial charge in [0, 0.05) is 32.4 Å². The summed E-state index contributed by atoms with van der Waals surface area (Å²) in [5.41, 5.74) is 2.89. The molecule has 2 rings (SSSR count). The Hall–Kier alpha value is -1.62. The quantitative estimate of drug-likeness (QED) is 0.732. The molecule has 0 spiro atoms. The van der Waals surface area contributed by atoms with Gasteiger partial charge in [-0.15, -0.1) is 0 Å². The third-order valence-corrected chi connectivity index (χ3v) is 2.74. The van der Waals surface area contributed by atoms with Gasteiger partial charge < -0.3 is 10.2 Å². The van der Waals surface area contributed by atoms with Crippen LogP contribution in [0.15, 0.2) is 12.3 Å². The zero-order chi connectivity index (χ0) is 11.7. The number of likely N-dealkylation sites (N-methyl/N-ethyl adjacent to an activating group) is 1. The molecule has 0 saturated carbocycles. The first kappa shape index (κ1) is 10.9. The van der Waals surface area contributed by atoms with Gasteiger partial charge in [0.1, 0.15) is 0 Å². The molecule has 1 aromatic heterocycles. The lowest BCUT2D eigenvalue weighted by molar-refractivity contribution is -0.125. The second-order valence-corrected chi connectivity index (χ2v) is 3.97. The van der Waals surface area contributed by atoms with Gasteiger partial charge in [0.2, 0.25) is 5.91 Å². The summed E-state index contributed by atoms with van der Waals surface area (Å²) in [7, 11) is 3.68. The third kappa shape index (κ3) is 1.86. The molecule has 0 saturated heterocycles. The lowest BCUT2D eigenvalue weighted by Crippen LogP contribution is -2.31. The van der Waals surface area contributed by atoms with Crippen molar-refractivity contribution in [1.29, 1.82) is 0 Å². The topological polar surface area (TPSA) is 50.2 Å². The SMILES string of the molecule is Cc1nn(C)cc1C1=CCNCC(=O)N1C. The van der Waals surface area contributed by atoms with E-state index in [0.717, 1.165) is 17.0 Å². The predicted molar refractivity (Wildman–Crippen MR) is 61.6 cm³/mol. The molecule has 0 radical (unpaired) electrons. The standard InChI is InChI=1S/C11H16N4O/c1-8-9(7-14(2)13-8)10-4-5-12-6-11(16)15(10)3/h4,7,12H,5-6H2,1-3H3. The van der Waals surface area contributed by atoms with E-state index in [0.29, 0.717) is 13.1 Å². The zero-order valence-electron chi connectivity index (χ0n) is 9.82. The van der Waals surface area contributed by atoms with E-state index in [1.54, 1.807) is 16.6 Å². The van der Waals surface area contributed by atoms with Crippen LogP contribution in [0.3, 0.4) is 0 Å². The zero-order valence-corrected chi connectivity index (χ0v) is 9.82. The van der Waals surface area contributed by atoms with Gasteiger partial charge in [0.25, 0.3) is 0 Å². The Morgan fingerprint density at radius 1 is 1.44 bits per heavy atom. The number of carbonyl (C=O) groups excluding carboxylic acids is 1. The van der Waals surface area contributed by atoms with Crippen molar-refractivity contribution in [1.82, 2.24) is 20.0 Å². The smallest absolute Gasteiger partial charge is 0.240 e. The number of amides is 1. The molecule has 0 aliphatic carbocycles. The molecule has 0 unspecified atom stereocenters. The Morgan fingerprint density at radius 3 is 2.81 bits per heavy atom. The Morgan fingerprint density at radius 2 is 2.19 bits per heavy atom. The Bertz CT molecular complexity index is 447. The fourth-order valence-electron chi connectivity index (χ4n) is 1.88. The molecule has 1 N–H and O–H groups in total. The van der Waals surface area contributed by atoms with Crippen LogP contribution in [0, 0.1) is 6.92 Å². The summed E-state index contributed by atoms with van der Waals surface area (Å²) >= 11 is 0. The summed E-state index contributed by atoms with van der Waals surface area (Å²) < 4.78 is 1.77. The first-order chi connectivity index (χ1) is 7.59. The molecule has 0 fully saturated rings. The molecule has 1 aliphatic heterocycles. The molecule has 1 aromatic rings. The third-order valence-electron chi connectivity index (χ3n) is 2.74. The van der Waals surface area contributed by atoms with Crippen LogP contribution in [0.2, 0.25) is 0 Å². The monoisotopic (exact) mass is 220 g/mol. The molecular formula is C11H16N4O. The average Bonchev–Trinajstić information content (AvgIpc) is 2.47. The number of rotatable bonds is 1. The van der Waals surface area contributed by atoms with Crippen molar-refractivity contribution >= 4 is 11.6 Å². The van der Waals surface area contributed by atoms with E-state index in [-0.39, 0.29) is 5.91 Å². The molecule has 86 valence electrons. The van der Waals surface area contributed by atoms with Gasteiger partial charge in [-0.3, -0.25) is 9.48 Å². The van der Waals surface area contributed by atoms with E-state index in [2.05, 4.69) is 10.4 Å². The summed E-state index contributed by atoms with van der Waals surface area (Å²) in [5, 5.41) is 7.35. The number of aromatic nitrogens is 2. The lowest BCUT2D eigenvalue weighted by atomic mass is 10.1. The van der Waals surface area contributed by atoms with E-state index in [4.69, 9.17) is 0 Å². The van der Waals surface area contributed by atoms with Gasteiger partial charge in [-0.25, -0.2) is 0 Å². The molecule has 0 atom stereocenters. The Balaban J connectivity index is 2.41. The molecule has 1 amide bonds. The van der Waals surface area contributed by atoms with Crippen LogP contribution in [0.1, 0.15) is 11.3 Å². The first-order valence-electron chi connectivity index (χ1n) is 5.27. The summed E-state index contributed by atoms with van der Waals surface area (Å²) in [6.45, 7) is 3.04. The van der Waals surface area contributed by atoms with Crippen LogP contribution < -0.4 is 5.32 Å². The second kappa shape index (κ2) is 4.09. The minimum absolute atomic E-state index is 0.0759. The summed E-state index contributed by atoms with van der Waals surface area (Å²) in [6, 6.07) is 0. The maximum absolute atomic E-state index is 11.7. The highest BCUT2D eigenvalue weighted by atomic mass is 16.2. The second-order valence-electron chi connectivity index (χ2n) is 3.97. The van der Waals surface area contributed by atoms with Crippen molar-refractivity contribution < 1.29 is 4.79 Å². The van der Waals surface area contributed by atoms with Gasteiger partial charge in [-0.1, -0.05) is 0 Å². The van der Waals surface area contributed by atoms with Gasteiger partial charge in [0.15, 0.2) is 0 Å². The first-order valence-corrected chi connectivity index (χ1v) is 5.27. The molecule has 1 aliphatic rings. The van der Waals surface area contributed by atoms with Crippen molar-refractivity contribution in [3.63, 3.8) is 0 Å². The lowest BCUT2D eigenvalue weighted by Gasteiger charge is -2.18. The minimum atomic E-state index is 0.0759. The average molecular weight is 220 g/mol. The summed E-state index contributed by atoms with van der Waals surface area (Å²) in [5.74, 6) is 0.0759. The highest BCUT2D eigenvalue weighted by molar-refractivity contribution is 5.88. The minimum Gasteiger partial charge on any atom is -0.314 e. The normalized spacial score (nSPS) is 17.3. The molecule has 16 heavy (non-hydrogen) atoms. The molecule has 5 nitrogen and oxygen atoms in total. The van der Waals surface area contributed by atoms with Crippen LogP contribution in [-0.4, -0.2) is 40.7 Å². The van der Waals surface area contributed by atoms with Gasteiger partial charge in [-0.2, -0.15) is 5.10 Å². The van der Waals surface area contributed by atoms with Crippen LogP contribution >= 0.6 is 0 Å². The number of hydrogen-bond acceptors (Lipinski definition) is 3. The van der Waals surface area contributed by atoms with E-state index >= 15 is 0 Å². The summed E-state index contributed by atoms with van der Waals surface area (Å²) in [6.07, 6.45) is 3.96. The van der Waals surface area contributed by atoms with Crippen LogP contribution in [-0.2, 0) is 11.8 Å². The van der Waals surface area contributed by atoms with Crippen molar-refractivity contribution in [3.8, 4) is 0 Å². The van der Waals surface area contributed by atoms with Gasteiger partial charge in [0.05, 0.1) is 17.9 Å². The number of nitrogens with zero attached hydrogens (tertiary/aromatic N) is 3. The number of aryl methyl sites for hydroxylation is 2. The Kier molecular flexibility index (Phi) is 2.78. The molecular weight excluding hydrogens is 204 g/mol. The number of nitrogens with one attached hydrogen (secondary N) is 1. The molecule has 0 aromatic carbocycles. The number of hydrogen-bond donors (Lipinski definition) is 1. The van der Waals surface area contributed by atoms with Crippen molar-refractivity contribution in [3.05, 3.63) is 23.5 Å². The largest absolute Gasteiger partial charge is 0.314 e. The van der Waals surface area contributed by atoms with Crippen LogP contribution in [0.4, 0.5) is 0 Å². The summed E-state index contributed by atoms with van der Waals surface area (Å²) in [4.78, 5) is 13.4. The van der Waals surface area contributed by atoms with Crippen LogP contribution in [0.5, 0.6) is 0 Å². The molecule has 0 bridgehead atoms. The maximum atomic E-state index is 11.7. The fraction of sp³-hybridized carbons (Fsp3) is 0.455. The van der Waals surface area contributed by atoms with E-state index in [1.807, 2.05) is 26.2 Å². The number of carbonyl (C=O) groups is 1. The fourth-order valence-corrected chi connectivity index (χ4v) is 1.88. The van der Waals surface area contributed by atoms with Crippen molar-refractivity contribution in [2.45, 2.75) is 6.92 Å². The molecule has 5 heteroatoms. The highest BCUT2D eigenvalue weighted by Crippen LogP contribution is 2.21. The molecule has 2 heterocycles. The van der Waals surface area contributed by atoms with Crippen LogP contribution in [0.25, 0.3) is 5.70 Å². The van der Waals surface area contributed by atoms with E-state index in [1.165, 1.54) is 0 Å². The maximum Gasteiger partial charge on any atom is 0.240 e. The predicted octanol–water partition coefficient (Wildman–Crippen LogP) is 0.131. The van der Waals surface area contributed by atoms with E-state index < -0.39 is 0 Å². The van der Waals surface area contributed by atoms with Crippen molar-refractivity contribution in [2.75, 3.05) is 20.1 Å². The van der Waals surface area contributed by atoms with Crippen molar-refractivity contribution in [2.24, 2.45) is 7.05 Å². The van der Waals surface area contributed by atoms with Gasteiger partial charge >= 0.3 is 0 Å². The van der Waals surface area contributed by atoms with E-state index in [9.17, 15) is 4.79 Å². The Labute approximate surface area is 94.7 Å².